The molecule has 0 heterocycles. The van der Waals surface area contributed by atoms with E-state index in [1.807, 2.05) is 31.2 Å². The van der Waals surface area contributed by atoms with Crippen molar-refractivity contribution in [1.29, 1.82) is 0 Å². The molecule has 0 aromatic heterocycles. The predicted molar refractivity (Wildman–Crippen MR) is 79.6 cm³/mol. The maximum absolute atomic E-state index is 9.42. The molecule has 0 radical (unpaired) electrons. The number of phenols is 1. The van der Waals surface area contributed by atoms with E-state index in [1.54, 1.807) is 18.2 Å². The lowest BCUT2D eigenvalue weighted by atomic mass is 10.2. The molecular formula is C16H17ClO3. The molecule has 106 valence electrons. The third kappa shape index (κ3) is 3.81. The average molecular weight is 293 g/mol. The fraction of sp³-hybridized carbons (Fsp3) is 0.250. The van der Waals surface area contributed by atoms with Crippen molar-refractivity contribution in [2.24, 2.45) is 0 Å². The second-order valence-corrected chi connectivity index (χ2v) is 4.57. The van der Waals surface area contributed by atoms with Gasteiger partial charge in [0.25, 0.3) is 0 Å². The first-order chi connectivity index (χ1) is 9.72. The highest BCUT2D eigenvalue weighted by Gasteiger charge is 2.07. The van der Waals surface area contributed by atoms with Crippen LogP contribution in [0.5, 0.6) is 17.2 Å². The van der Waals surface area contributed by atoms with Crippen molar-refractivity contribution in [2.45, 2.75) is 19.4 Å². The van der Waals surface area contributed by atoms with Crippen LogP contribution in [0.1, 0.15) is 18.1 Å². The molecule has 1 N–H and O–H groups in total. The van der Waals surface area contributed by atoms with Crippen LogP contribution in [0.3, 0.4) is 0 Å². The van der Waals surface area contributed by atoms with Crippen molar-refractivity contribution in [3.8, 4) is 17.2 Å². The molecular weight excluding hydrogens is 276 g/mol. The Bertz CT molecular complexity index is 569. The smallest absolute Gasteiger partial charge is 0.161 e. The van der Waals surface area contributed by atoms with E-state index in [0.717, 1.165) is 11.1 Å². The number of alkyl halides is 1. The number of hydrogen-bond acceptors (Lipinski definition) is 3. The Morgan fingerprint density at radius 1 is 1.00 bits per heavy atom. The summed E-state index contributed by atoms with van der Waals surface area (Å²) in [7, 11) is 0. The van der Waals surface area contributed by atoms with Gasteiger partial charge in [-0.15, -0.1) is 11.6 Å². The third-order valence-corrected chi connectivity index (χ3v) is 3.08. The number of aromatic hydroxyl groups is 1. The molecule has 0 spiro atoms. The van der Waals surface area contributed by atoms with Gasteiger partial charge in [-0.05, 0) is 42.3 Å². The highest BCUT2D eigenvalue weighted by Crippen LogP contribution is 2.30. The highest BCUT2D eigenvalue weighted by molar-refractivity contribution is 6.17. The molecule has 0 amide bonds. The lowest BCUT2D eigenvalue weighted by molar-refractivity contribution is 0.269. The number of ether oxygens (including phenoxy) is 2. The normalized spacial score (nSPS) is 10.3. The Kier molecular flexibility index (Phi) is 5.13. The van der Waals surface area contributed by atoms with Gasteiger partial charge in [-0.3, -0.25) is 0 Å². The molecule has 0 atom stereocenters. The fourth-order valence-corrected chi connectivity index (χ4v) is 2.00. The topological polar surface area (TPSA) is 38.7 Å². The number of rotatable bonds is 6. The van der Waals surface area contributed by atoms with Gasteiger partial charge in [0.15, 0.2) is 11.5 Å². The van der Waals surface area contributed by atoms with Crippen molar-refractivity contribution in [2.75, 3.05) is 6.61 Å². The van der Waals surface area contributed by atoms with E-state index < -0.39 is 0 Å². The Balaban J connectivity index is 2.12. The molecule has 2 rings (SSSR count). The number of halogens is 1. The molecule has 2 aromatic carbocycles. The van der Waals surface area contributed by atoms with Crippen LogP contribution < -0.4 is 9.47 Å². The van der Waals surface area contributed by atoms with E-state index in [-0.39, 0.29) is 5.75 Å². The SMILES string of the molecule is CCOc1cc(CCl)ccc1OCc1cccc(O)c1. The van der Waals surface area contributed by atoms with E-state index in [2.05, 4.69) is 0 Å². The number of hydrogen-bond donors (Lipinski definition) is 1. The van der Waals surface area contributed by atoms with Gasteiger partial charge in [0.2, 0.25) is 0 Å². The predicted octanol–water partition coefficient (Wildman–Crippen LogP) is 4.11. The monoisotopic (exact) mass is 292 g/mol. The van der Waals surface area contributed by atoms with Gasteiger partial charge in [-0.1, -0.05) is 18.2 Å². The Morgan fingerprint density at radius 3 is 2.55 bits per heavy atom. The van der Waals surface area contributed by atoms with Gasteiger partial charge in [0.05, 0.1) is 6.61 Å². The van der Waals surface area contributed by atoms with Crippen molar-refractivity contribution in [3.63, 3.8) is 0 Å². The molecule has 4 heteroatoms. The first-order valence-electron chi connectivity index (χ1n) is 6.45. The van der Waals surface area contributed by atoms with Crippen LogP contribution in [-0.2, 0) is 12.5 Å². The summed E-state index contributed by atoms with van der Waals surface area (Å²) in [4.78, 5) is 0. The molecule has 0 bridgehead atoms. The molecule has 20 heavy (non-hydrogen) atoms. The van der Waals surface area contributed by atoms with Gasteiger partial charge < -0.3 is 14.6 Å². The fourth-order valence-electron chi connectivity index (χ4n) is 1.83. The van der Waals surface area contributed by atoms with E-state index in [0.29, 0.717) is 30.6 Å². The summed E-state index contributed by atoms with van der Waals surface area (Å²) in [5.41, 5.74) is 1.88. The zero-order valence-corrected chi connectivity index (χ0v) is 12.1. The van der Waals surface area contributed by atoms with Crippen LogP contribution in [0.15, 0.2) is 42.5 Å². The Hall–Kier alpha value is -1.87. The quantitative estimate of drug-likeness (QED) is 0.814. The van der Waals surface area contributed by atoms with Gasteiger partial charge in [-0.2, -0.15) is 0 Å². The number of benzene rings is 2. The van der Waals surface area contributed by atoms with Crippen molar-refractivity contribution in [3.05, 3.63) is 53.6 Å². The van der Waals surface area contributed by atoms with Crippen LogP contribution in [0.2, 0.25) is 0 Å². The summed E-state index contributed by atoms with van der Waals surface area (Å²) in [5, 5.41) is 9.42. The lowest BCUT2D eigenvalue weighted by Crippen LogP contribution is -2.00. The summed E-state index contributed by atoms with van der Waals surface area (Å²) in [6.45, 7) is 2.86. The van der Waals surface area contributed by atoms with Gasteiger partial charge in [-0.25, -0.2) is 0 Å². The first-order valence-corrected chi connectivity index (χ1v) is 6.98. The van der Waals surface area contributed by atoms with E-state index in [1.165, 1.54) is 0 Å². The Labute approximate surface area is 123 Å². The largest absolute Gasteiger partial charge is 0.508 e. The summed E-state index contributed by atoms with van der Waals surface area (Å²) in [6, 6.07) is 12.6. The molecule has 0 aliphatic heterocycles. The van der Waals surface area contributed by atoms with Gasteiger partial charge >= 0.3 is 0 Å². The van der Waals surface area contributed by atoms with Gasteiger partial charge in [0.1, 0.15) is 12.4 Å². The average Bonchev–Trinajstić information content (AvgIpc) is 2.46. The minimum atomic E-state index is 0.230. The zero-order chi connectivity index (χ0) is 14.4. The molecule has 3 nitrogen and oxygen atoms in total. The molecule has 0 fully saturated rings. The van der Waals surface area contributed by atoms with Crippen LogP contribution in [-0.4, -0.2) is 11.7 Å². The third-order valence-electron chi connectivity index (χ3n) is 2.77. The Morgan fingerprint density at radius 2 is 1.85 bits per heavy atom. The highest BCUT2D eigenvalue weighted by atomic mass is 35.5. The molecule has 0 aliphatic rings. The van der Waals surface area contributed by atoms with Crippen LogP contribution in [0.25, 0.3) is 0 Å². The summed E-state index contributed by atoms with van der Waals surface area (Å²) in [5.74, 6) is 2.02. The van der Waals surface area contributed by atoms with E-state index in [4.69, 9.17) is 21.1 Å². The minimum absolute atomic E-state index is 0.230. The van der Waals surface area contributed by atoms with Gasteiger partial charge in [0, 0.05) is 5.88 Å². The maximum atomic E-state index is 9.42. The van der Waals surface area contributed by atoms with Crippen LogP contribution >= 0.6 is 11.6 Å². The van der Waals surface area contributed by atoms with Crippen LogP contribution in [0.4, 0.5) is 0 Å². The summed E-state index contributed by atoms with van der Waals surface area (Å²) in [6.07, 6.45) is 0. The molecule has 2 aromatic rings. The standard InChI is InChI=1S/C16H17ClO3/c1-2-19-16-9-12(10-17)6-7-15(16)20-11-13-4-3-5-14(18)8-13/h3-9,18H,2,10-11H2,1H3. The first kappa shape index (κ1) is 14.5. The van der Waals surface area contributed by atoms with Crippen molar-refractivity contribution < 1.29 is 14.6 Å². The lowest BCUT2D eigenvalue weighted by Gasteiger charge is -2.13. The van der Waals surface area contributed by atoms with Crippen molar-refractivity contribution >= 4 is 11.6 Å². The van der Waals surface area contributed by atoms with Crippen LogP contribution in [0, 0.1) is 0 Å². The minimum Gasteiger partial charge on any atom is -0.508 e. The van der Waals surface area contributed by atoms with E-state index in [9.17, 15) is 5.11 Å². The van der Waals surface area contributed by atoms with E-state index >= 15 is 0 Å². The molecule has 0 aliphatic carbocycles. The summed E-state index contributed by atoms with van der Waals surface area (Å²) < 4.78 is 11.3. The second kappa shape index (κ2) is 7.06. The number of phenolic OH excluding ortho intramolecular Hbond substituents is 1. The zero-order valence-electron chi connectivity index (χ0n) is 11.3. The molecule has 0 saturated heterocycles. The summed E-state index contributed by atoms with van der Waals surface area (Å²) >= 11 is 5.82. The molecule has 0 saturated carbocycles. The van der Waals surface area contributed by atoms with Crippen molar-refractivity contribution in [1.82, 2.24) is 0 Å². The second-order valence-electron chi connectivity index (χ2n) is 4.31. The maximum Gasteiger partial charge on any atom is 0.161 e. The molecule has 0 unspecified atom stereocenters.